The molecule has 1 heterocycles. The van der Waals surface area contributed by atoms with Gasteiger partial charge in [-0.25, -0.2) is 0 Å². The third kappa shape index (κ3) is 3.27. The minimum atomic E-state index is 0.355. The molecule has 2 unspecified atom stereocenters. The van der Waals surface area contributed by atoms with Crippen molar-refractivity contribution in [1.29, 1.82) is 0 Å². The summed E-state index contributed by atoms with van der Waals surface area (Å²) >= 11 is 0. The van der Waals surface area contributed by atoms with Gasteiger partial charge in [-0.15, -0.1) is 0 Å². The number of hydrogen-bond donors (Lipinski definition) is 1. The molecule has 0 aromatic carbocycles. The lowest BCUT2D eigenvalue weighted by Crippen LogP contribution is -2.54. The fourth-order valence-corrected chi connectivity index (χ4v) is 4.06. The third-order valence-electron chi connectivity index (χ3n) is 5.51. The van der Waals surface area contributed by atoms with E-state index in [0.717, 1.165) is 12.5 Å². The van der Waals surface area contributed by atoms with Crippen LogP contribution in [0.1, 0.15) is 71.1 Å². The van der Waals surface area contributed by atoms with Crippen molar-refractivity contribution >= 4 is 0 Å². The van der Waals surface area contributed by atoms with E-state index in [9.17, 15) is 0 Å². The van der Waals surface area contributed by atoms with Crippen molar-refractivity contribution in [2.45, 2.75) is 76.7 Å². The molecule has 2 aliphatic rings. The number of likely N-dealkylation sites (tertiary alicyclic amines) is 1. The highest BCUT2D eigenvalue weighted by Crippen LogP contribution is 2.36. The van der Waals surface area contributed by atoms with E-state index in [1.165, 1.54) is 77.3 Å². The van der Waals surface area contributed by atoms with E-state index in [4.69, 9.17) is 5.73 Å². The van der Waals surface area contributed by atoms with Crippen LogP contribution in [0.3, 0.4) is 0 Å². The molecule has 1 aliphatic heterocycles. The summed E-state index contributed by atoms with van der Waals surface area (Å²) in [5, 5.41) is 0. The highest BCUT2D eigenvalue weighted by atomic mass is 15.2. The molecule has 2 atom stereocenters. The zero-order chi connectivity index (χ0) is 12.8. The quantitative estimate of drug-likeness (QED) is 0.778. The average Bonchev–Trinajstić information content (AvgIpc) is 2.79. The third-order valence-corrected chi connectivity index (χ3v) is 5.51. The molecule has 1 saturated carbocycles. The minimum Gasteiger partial charge on any atom is -0.329 e. The lowest BCUT2D eigenvalue weighted by Gasteiger charge is -2.43. The van der Waals surface area contributed by atoms with Gasteiger partial charge in [0.25, 0.3) is 0 Å². The second-order valence-electron chi connectivity index (χ2n) is 6.53. The summed E-state index contributed by atoms with van der Waals surface area (Å²) in [5.74, 6) is 0.963. The Morgan fingerprint density at radius 1 is 1.00 bits per heavy atom. The van der Waals surface area contributed by atoms with Gasteiger partial charge in [0, 0.05) is 12.1 Å². The first-order valence-corrected chi connectivity index (χ1v) is 8.26. The molecular formula is C16H32N2. The van der Waals surface area contributed by atoms with Crippen LogP contribution >= 0.6 is 0 Å². The lowest BCUT2D eigenvalue weighted by molar-refractivity contribution is 0.0805. The highest BCUT2D eigenvalue weighted by molar-refractivity contribution is 4.94. The molecule has 0 amide bonds. The summed E-state index contributed by atoms with van der Waals surface area (Å²) in [6.07, 6.45) is 13.9. The summed E-state index contributed by atoms with van der Waals surface area (Å²) in [6, 6.07) is 0. The zero-order valence-corrected chi connectivity index (χ0v) is 12.3. The van der Waals surface area contributed by atoms with Gasteiger partial charge in [-0.2, -0.15) is 0 Å². The van der Waals surface area contributed by atoms with Crippen LogP contribution in [0.5, 0.6) is 0 Å². The van der Waals surface area contributed by atoms with Crippen LogP contribution in [0.4, 0.5) is 0 Å². The Balaban J connectivity index is 2.03. The first-order valence-electron chi connectivity index (χ1n) is 8.26. The van der Waals surface area contributed by atoms with Gasteiger partial charge in [0.05, 0.1) is 0 Å². The van der Waals surface area contributed by atoms with E-state index < -0.39 is 0 Å². The van der Waals surface area contributed by atoms with Crippen LogP contribution in [0, 0.1) is 5.92 Å². The normalized spacial score (nSPS) is 36.0. The molecule has 2 heteroatoms. The molecule has 1 saturated heterocycles. The molecule has 1 aliphatic carbocycles. The highest BCUT2D eigenvalue weighted by Gasteiger charge is 2.37. The van der Waals surface area contributed by atoms with Crippen LogP contribution in [0.15, 0.2) is 0 Å². The molecule has 0 aromatic heterocycles. The van der Waals surface area contributed by atoms with E-state index in [0.29, 0.717) is 5.54 Å². The summed E-state index contributed by atoms with van der Waals surface area (Å²) in [6.45, 7) is 5.83. The van der Waals surface area contributed by atoms with Gasteiger partial charge in [-0.1, -0.05) is 39.0 Å². The summed E-state index contributed by atoms with van der Waals surface area (Å²) in [7, 11) is 0. The molecule has 2 rings (SSSR count). The predicted octanol–water partition coefficient (Wildman–Crippen LogP) is 3.55. The SMILES string of the molecule is CCC1CCCC(CN)(N2CCCCCC2)CC1. The molecule has 2 nitrogen and oxygen atoms in total. The number of hydrogen-bond acceptors (Lipinski definition) is 2. The van der Waals surface area contributed by atoms with E-state index in [1.54, 1.807) is 0 Å². The van der Waals surface area contributed by atoms with Gasteiger partial charge >= 0.3 is 0 Å². The van der Waals surface area contributed by atoms with Crippen molar-refractivity contribution in [1.82, 2.24) is 4.90 Å². The van der Waals surface area contributed by atoms with Crippen LogP contribution in [-0.4, -0.2) is 30.1 Å². The summed E-state index contributed by atoms with van der Waals surface area (Å²) < 4.78 is 0. The average molecular weight is 252 g/mol. The van der Waals surface area contributed by atoms with Crippen LogP contribution in [0.25, 0.3) is 0 Å². The second-order valence-corrected chi connectivity index (χ2v) is 6.53. The van der Waals surface area contributed by atoms with Crippen molar-refractivity contribution in [3.8, 4) is 0 Å². The number of rotatable bonds is 3. The number of nitrogens with zero attached hydrogens (tertiary/aromatic N) is 1. The van der Waals surface area contributed by atoms with Crippen molar-refractivity contribution < 1.29 is 0 Å². The lowest BCUT2D eigenvalue weighted by atomic mass is 9.87. The fraction of sp³-hybridized carbons (Fsp3) is 1.00. The largest absolute Gasteiger partial charge is 0.329 e. The van der Waals surface area contributed by atoms with Gasteiger partial charge < -0.3 is 5.73 Å². The van der Waals surface area contributed by atoms with Gasteiger partial charge in [0.15, 0.2) is 0 Å². The Morgan fingerprint density at radius 2 is 1.72 bits per heavy atom. The first kappa shape index (κ1) is 14.3. The van der Waals surface area contributed by atoms with Gasteiger partial charge in [-0.05, 0) is 51.1 Å². The molecule has 2 fully saturated rings. The Hall–Kier alpha value is -0.0800. The molecular weight excluding hydrogens is 220 g/mol. The van der Waals surface area contributed by atoms with Crippen molar-refractivity contribution in [2.75, 3.05) is 19.6 Å². The Labute approximate surface area is 113 Å². The van der Waals surface area contributed by atoms with E-state index in [1.807, 2.05) is 0 Å². The topological polar surface area (TPSA) is 29.3 Å². The van der Waals surface area contributed by atoms with Crippen LogP contribution < -0.4 is 5.73 Å². The Kier molecular flexibility index (Phi) is 5.50. The fourth-order valence-electron chi connectivity index (χ4n) is 4.06. The number of nitrogens with two attached hydrogens (primary N) is 1. The molecule has 106 valence electrons. The van der Waals surface area contributed by atoms with Gasteiger partial charge in [-0.3, -0.25) is 4.90 Å². The van der Waals surface area contributed by atoms with E-state index in [2.05, 4.69) is 11.8 Å². The Bertz CT molecular complexity index is 233. The molecule has 2 N–H and O–H groups in total. The Morgan fingerprint density at radius 3 is 2.33 bits per heavy atom. The molecule has 0 spiro atoms. The van der Waals surface area contributed by atoms with E-state index >= 15 is 0 Å². The van der Waals surface area contributed by atoms with Gasteiger partial charge in [0.2, 0.25) is 0 Å². The van der Waals surface area contributed by atoms with Crippen molar-refractivity contribution in [3.63, 3.8) is 0 Å². The summed E-state index contributed by atoms with van der Waals surface area (Å²) in [5.41, 5.74) is 6.59. The first-order chi connectivity index (χ1) is 8.80. The maximum absolute atomic E-state index is 6.23. The van der Waals surface area contributed by atoms with E-state index in [-0.39, 0.29) is 0 Å². The minimum absolute atomic E-state index is 0.355. The maximum atomic E-state index is 6.23. The molecule has 0 aromatic rings. The monoisotopic (exact) mass is 252 g/mol. The molecule has 0 bridgehead atoms. The zero-order valence-electron chi connectivity index (χ0n) is 12.3. The molecule has 0 radical (unpaired) electrons. The standard InChI is InChI=1S/C16H32N2/c1-2-15-8-7-10-16(14-17,11-9-15)18-12-5-3-4-6-13-18/h15H,2-14,17H2,1H3. The summed E-state index contributed by atoms with van der Waals surface area (Å²) in [4.78, 5) is 2.78. The smallest absolute Gasteiger partial charge is 0.0331 e. The van der Waals surface area contributed by atoms with Crippen LogP contribution in [-0.2, 0) is 0 Å². The molecule has 18 heavy (non-hydrogen) atoms. The van der Waals surface area contributed by atoms with Crippen LogP contribution in [0.2, 0.25) is 0 Å². The van der Waals surface area contributed by atoms with Crippen molar-refractivity contribution in [2.24, 2.45) is 11.7 Å². The maximum Gasteiger partial charge on any atom is 0.0331 e. The predicted molar refractivity (Wildman–Crippen MR) is 78.7 cm³/mol. The second kappa shape index (κ2) is 6.91. The van der Waals surface area contributed by atoms with Gasteiger partial charge in [0.1, 0.15) is 0 Å². The van der Waals surface area contributed by atoms with Crippen molar-refractivity contribution in [3.05, 3.63) is 0 Å².